The van der Waals surface area contributed by atoms with Crippen LogP contribution in [-0.2, 0) is 11.4 Å². The van der Waals surface area contributed by atoms with Crippen LogP contribution in [0.1, 0.15) is 22.5 Å². The number of nitrogens with one attached hydrogen (secondary N) is 1. The van der Waals surface area contributed by atoms with Gasteiger partial charge in [0, 0.05) is 25.9 Å². The third-order valence-corrected chi connectivity index (χ3v) is 5.84. The molecule has 9 heteroatoms. The van der Waals surface area contributed by atoms with Gasteiger partial charge in [-0.3, -0.25) is 4.79 Å². The van der Waals surface area contributed by atoms with Crippen LogP contribution in [0.5, 0.6) is 5.75 Å². The number of carbonyl (C=O) groups excluding carboxylic acids is 1. The third-order valence-electron chi connectivity index (χ3n) is 3.97. The van der Waals surface area contributed by atoms with E-state index in [1.54, 1.807) is 6.21 Å². The van der Waals surface area contributed by atoms with Crippen molar-refractivity contribution in [3.8, 4) is 5.75 Å². The number of hydrogen-bond acceptors (Lipinski definition) is 6. The van der Waals surface area contributed by atoms with Crippen LogP contribution < -0.4 is 10.2 Å². The molecule has 0 radical (unpaired) electrons. The summed E-state index contributed by atoms with van der Waals surface area (Å²) < 4.78 is 7.85. The fourth-order valence-electron chi connectivity index (χ4n) is 2.59. The molecule has 3 rings (SSSR count). The van der Waals surface area contributed by atoms with Crippen molar-refractivity contribution in [1.29, 1.82) is 0 Å². The standard InChI is InChI=1S/C22H20Br2N4O2S/c1-14-9-15(2)27-22(26-14)31-13-21(29)28-25-11-17-10-19(24)7-8-20(17)30-12-16-3-5-18(23)6-4-16/h3-11H,12-13H2,1-2H3,(H,28,29)/b25-11-. The molecule has 3 aromatic rings. The number of aromatic nitrogens is 2. The quantitative estimate of drug-likeness (QED) is 0.171. The number of nitrogens with zero attached hydrogens (tertiary/aromatic N) is 3. The fourth-order valence-corrected chi connectivity index (χ4v) is 3.97. The summed E-state index contributed by atoms with van der Waals surface area (Å²) in [5, 5.41) is 4.65. The molecule has 1 N–H and O–H groups in total. The number of halogens is 2. The Labute approximate surface area is 202 Å². The molecule has 0 saturated carbocycles. The lowest BCUT2D eigenvalue weighted by Gasteiger charge is -2.10. The van der Waals surface area contributed by atoms with Crippen LogP contribution in [0.15, 0.2) is 67.7 Å². The van der Waals surface area contributed by atoms with Crippen molar-refractivity contribution in [3.63, 3.8) is 0 Å². The lowest BCUT2D eigenvalue weighted by molar-refractivity contribution is -0.118. The second-order valence-electron chi connectivity index (χ2n) is 6.61. The van der Waals surface area contributed by atoms with Crippen molar-refractivity contribution in [3.05, 3.63) is 80.0 Å². The van der Waals surface area contributed by atoms with Gasteiger partial charge in [0.05, 0.1) is 12.0 Å². The Hall–Kier alpha value is -2.23. The second-order valence-corrected chi connectivity index (χ2v) is 9.39. The normalized spacial score (nSPS) is 11.0. The van der Waals surface area contributed by atoms with E-state index < -0.39 is 0 Å². The van der Waals surface area contributed by atoms with E-state index in [0.29, 0.717) is 17.5 Å². The minimum Gasteiger partial charge on any atom is -0.488 e. The summed E-state index contributed by atoms with van der Waals surface area (Å²) in [4.78, 5) is 20.7. The molecule has 0 aliphatic rings. The van der Waals surface area contributed by atoms with E-state index in [1.165, 1.54) is 11.8 Å². The van der Waals surface area contributed by atoms with E-state index >= 15 is 0 Å². The highest BCUT2D eigenvalue weighted by molar-refractivity contribution is 9.10. The molecule has 0 aliphatic heterocycles. The molecule has 2 aromatic carbocycles. The van der Waals surface area contributed by atoms with E-state index in [9.17, 15) is 4.79 Å². The zero-order valence-corrected chi connectivity index (χ0v) is 20.9. The van der Waals surface area contributed by atoms with Gasteiger partial charge >= 0.3 is 0 Å². The summed E-state index contributed by atoms with van der Waals surface area (Å²) in [6.45, 7) is 4.23. The number of hydrogen-bond donors (Lipinski definition) is 1. The minimum absolute atomic E-state index is 0.172. The zero-order valence-electron chi connectivity index (χ0n) is 16.9. The van der Waals surface area contributed by atoms with Gasteiger partial charge in [0.1, 0.15) is 12.4 Å². The van der Waals surface area contributed by atoms with E-state index in [1.807, 2.05) is 62.4 Å². The summed E-state index contributed by atoms with van der Waals surface area (Å²) in [6, 6.07) is 15.5. The van der Waals surface area contributed by atoms with Crippen molar-refractivity contribution >= 4 is 55.7 Å². The molecule has 1 amide bonds. The molecule has 0 unspecified atom stereocenters. The molecule has 0 saturated heterocycles. The molecule has 1 aromatic heterocycles. The highest BCUT2D eigenvalue weighted by Crippen LogP contribution is 2.23. The Morgan fingerprint density at radius 2 is 1.74 bits per heavy atom. The first-order valence-corrected chi connectivity index (χ1v) is 11.9. The Morgan fingerprint density at radius 1 is 1.06 bits per heavy atom. The van der Waals surface area contributed by atoms with Crippen LogP contribution in [0.4, 0.5) is 0 Å². The Balaban J connectivity index is 1.57. The molecule has 0 bridgehead atoms. The van der Waals surface area contributed by atoms with E-state index in [0.717, 1.165) is 31.5 Å². The number of benzene rings is 2. The predicted octanol–water partition coefficient (Wildman–Crippen LogP) is 5.44. The van der Waals surface area contributed by atoms with E-state index in [4.69, 9.17) is 4.74 Å². The highest BCUT2D eigenvalue weighted by atomic mass is 79.9. The predicted molar refractivity (Wildman–Crippen MR) is 131 cm³/mol. The Morgan fingerprint density at radius 3 is 2.45 bits per heavy atom. The molecule has 31 heavy (non-hydrogen) atoms. The van der Waals surface area contributed by atoms with Gasteiger partial charge in [-0.2, -0.15) is 5.10 Å². The number of rotatable bonds is 8. The smallest absolute Gasteiger partial charge is 0.250 e. The SMILES string of the molecule is Cc1cc(C)nc(SCC(=O)N/N=C\c2cc(Br)ccc2OCc2ccc(Br)cc2)n1. The molecule has 0 spiro atoms. The number of aryl methyl sites for hydroxylation is 2. The van der Waals surface area contributed by atoms with E-state index in [-0.39, 0.29) is 11.7 Å². The van der Waals surface area contributed by atoms with Crippen LogP contribution in [0.25, 0.3) is 0 Å². The third kappa shape index (κ3) is 7.75. The molecule has 6 nitrogen and oxygen atoms in total. The van der Waals surface area contributed by atoms with Crippen LogP contribution in [-0.4, -0.2) is 27.8 Å². The van der Waals surface area contributed by atoms with Gasteiger partial charge in [0.25, 0.3) is 5.91 Å². The monoisotopic (exact) mass is 562 g/mol. The summed E-state index contributed by atoms with van der Waals surface area (Å²) in [5.74, 6) is 0.601. The highest BCUT2D eigenvalue weighted by Gasteiger charge is 2.07. The molecule has 0 aliphatic carbocycles. The largest absolute Gasteiger partial charge is 0.488 e. The van der Waals surface area contributed by atoms with Crippen LogP contribution in [0, 0.1) is 13.8 Å². The van der Waals surface area contributed by atoms with Crippen molar-refractivity contribution < 1.29 is 9.53 Å². The summed E-state index contributed by atoms with van der Waals surface area (Å²) in [5.41, 5.74) is 6.08. The minimum atomic E-state index is -0.240. The first-order chi connectivity index (χ1) is 14.9. The maximum atomic E-state index is 12.1. The number of amides is 1. The van der Waals surface area contributed by atoms with Gasteiger partial charge in [-0.05, 0) is 55.8 Å². The molecule has 1 heterocycles. The lowest BCUT2D eigenvalue weighted by Crippen LogP contribution is -2.20. The molecule has 0 fully saturated rings. The van der Waals surface area contributed by atoms with Gasteiger partial charge < -0.3 is 4.74 Å². The van der Waals surface area contributed by atoms with Gasteiger partial charge in [0.15, 0.2) is 5.16 Å². The maximum absolute atomic E-state index is 12.1. The topological polar surface area (TPSA) is 76.5 Å². The van der Waals surface area contributed by atoms with Gasteiger partial charge in [-0.15, -0.1) is 0 Å². The fraction of sp³-hybridized carbons (Fsp3) is 0.182. The van der Waals surface area contributed by atoms with Crippen molar-refractivity contribution in [2.75, 3.05) is 5.75 Å². The molecule has 160 valence electrons. The van der Waals surface area contributed by atoms with Gasteiger partial charge in [0.2, 0.25) is 0 Å². The van der Waals surface area contributed by atoms with Gasteiger partial charge in [-0.25, -0.2) is 15.4 Å². The van der Waals surface area contributed by atoms with Crippen molar-refractivity contribution in [2.24, 2.45) is 5.10 Å². The second kappa shape index (κ2) is 11.4. The summed E-state index contributed by atoms with van der Waals surface area (Å²) in [7, 11) is 0. The number of hydrazone groups is 1. The first-order valence-electron chi connectivity index (χ1n) is 9.33. The van der Waals surface area contributed by atoms with Crippen LogP contribution in [0.3, 0.4) is 0 Å². The molecule has 0 atom stereocenters. The average molecular weight is 564 g/mol. The Bertz CT molecular complexity index is 1070. The van der Waals surface area contributed by atoms with Crippen molar-refractivity contribution in [1.82, 2.24) is 15.4 Å². The average Bonchev–Trinajstić information content (AvgIpc) is 2.72. The van der Waals surface area contributed by atoms with Crippen LogP contribution >= 0.6 is 43.6 Å². The lowest BCUT2D eigenvalue weighted by atomic mass is 10.2. The number of ether oxygens (including phenoxy) is 1. The molecular weight excluding hydrogens is 544 g/mol. The molecular formula is C22H20Br2N4O2S. The maximum Gasteiger partial charge on any atom is 0.250 e. The number of thioether (sulfide) groups is 1. The van der Waals surface area contributed by atoms with Crippen molar-refractivity contribution in [2.45, 2.75) is 25.6 Å². The zero-order chi connectivity index (χ0) is 22.2. The summed E-state index contributed by atoms with van der Waals surface area (Å²) in [6.07, 6.45) is 1.57. The number of carbonyl (C=O) groups is 1. The first kappa shape index (κ1) is 23.4. The van der Waals surface area contributed by atoms with Gasteiger partial charge in [-0.1, -0.05) is 55.8 Å². The Kier molecular flexibility index (Phi) is 8.62. The van der Waals surface area contributed by atoms with E-state index in [2.05, 4.69) is 52.4 Å². The van der Waals surface area contributed by atoms with Crippen LogP contribution in [0.2, 0.25) is 0 Å². The summed E-state index contributed by atoms with van der Waals surface area (Å²) >= 11 is 8.15.